The first-order valence-corrected chi connectivity index (χ1v) is 32.1. The Kier molecular flexibility index (Phi) is 60.3. The van der Waals surface area contributed by atoms with Gasteiger partial charge in [0.2, 0.25) is 0 Å². The van der Waals surface area contributed by atoms with Gasteiger partial charge in [-0.2, -0.15) is 0 Å². The zero-order valence-corrected chi connectivity index (χ0v) is 49.6. The molecule has 0 saturated carbocycles. The Bertz CT molecular complexity index is 1430. The van der Waals surface area contributed by atoms with Crippen molar-refractivity contribution in [2.75, 3.05) is 13.2 Å². The van der Waals surface area contributed by atoms with Gasteiger partial charge in [-0.05, 0) is 122 Å². The fourth-order valence-corrected chi connectivity index (χ4v) is 8.98. The minimum atomic E-state index is -0.792. The summed E-state index contributed by atoms with van der Waals surface area (Å²) < 4.78 is 16.9. The molecule has 0 saturated heterocycles. The van der Waals surface area contributed by atoms with Gasteiger partial charge in [0.05, 0.1) is 0 Å². The molecular weight excluding hydrogens is 925 g/mol. The predicted octanol–water partition coefficient (Wildman–Crippen LogP) is 21.9. The SMILES string of the molecule is CCCCC/C=C\C/C=C\CCCCCCCC(=O)OCC(COC(=O)CCCCCCCC/C=C\C/C=C\C/C=C\CCCCCCC)OC(=O)CCCCCCCCCCC/C=C\C/C=C\CCCCCCC. The van der Waals surface area contributed by atoms with Crippen molar-refractivity contribution in [3.63, 3.8) is 0 Å². The van der Waals surface area contributed by atoms with E-state index in [4.69, 9.17) is 14.2 Å². The maximum absolute atomic E-state index is 12.9. The van der Waals surface area contributed by atoms with Crippen LogP contribution in [0.15, 0.2) is 85.1 Å². The Morgan fingerprint density at radius 1 is 0.267 bits per heavy atom. The van der Waals surface area contributed by atoms with Crippen LogP contribution in [0.4, 0.5) is 0 Å². The third-order valence-corrected chi connectivity index (χ3v) is 13.8. The molecule has 6 nitrogen and oxygen atoms in total. The van der Waals surface area contributed by atoms with Crippen LogP contribution in [-0.4, -0.2) is 37.2 Å². The molecular formula is C69H120O6. The van der Waals surface area contributed by atoms with E-state index in [9.17, 15) is 14.4 Å². The molecule has 0 aromatic rings. The Labute approximate surface area is 465 Å². The molecule has 0 N–H and O–H groups in total. The Balaban J connectivity index is 4.41. The van der Waals surface area contributed by atoms with E-state index in [2.05, 4.69) is 106 Å². The standard InChI is InChI=1S/C69H120O6/c1-4-7-10-13-16-19-22-25-28-30-32-34-36-38-41-44-47-50-53-56-59-62-68(71)74-65-66(64-73-67(70)61-58-55-52-49-46-43-40-27-24-21-18-15-12-9-6-3)75-69(72)63-60-57-54-51-48-45-42-39-37-35-33-31-29-26-23-20-17-14-11-8-5-2/h18,21-23,25-27,30-33,36,38,40,66H,4-17,19-20,24,28-29,34-35,37,39,41-65H2,1-3H3/b21-18-,25-22-,26-23-,32-30-,33-31-,38-36-,40-27-. The fourth-order valence-electron chi connectivity index (χ4n) is 8.98. The summed E-state index contributed by atoms with van der Waals surface area (Å²) in [5.41, 5.74) is 0. The topological polar surface area (TPSA) is 78.9 Å². The zero-order chi connectivity index (χ0) is 54.3. The van der Waals surface area contributed by atoms with Gasteiger partial charge in [0, 0.05) is 19.3 Å². The minimum absolute atomic E-state index is 0.0892. The second kappa shape index (κ2) is 63.1. The van der Waals surface area contributed by atoms with E-state index in [1.165, 1.54) is 173 Å². The summed E-state index contributed by atoms with van der Waals surface area (Å²) in [6.07, 6.45) is 82.9. The van der Waals surface area contributed by atoms with E-state index >= 15 is 0 Å². The summed E-state index contributed by atoms with van der Waals surface area (Å²) in [7, 11) is 0. The lowest BCUT2D eigenvalue weighted by Gasteiger charge is -2.18. The molecule has 0 aromatic heterocycles. The number of rotatable bonds is 58. The van der Waals surface area contributed by atoms with Crippen molar-refractivity contribution in [3.05, 3.63) is 85.1 Å². The van der Waals surface area contributed by atoms with Crippen LogP contribution in [-0.2, 0) is 28.6 Å². The van der Waals surface area contributed by atoms with Gasteiger partial charge in [-0.15, -0.1) is 0 Å². The molecule has 0 spiro atoms. The van der Waals surface area contributed by atoms with Crippen LogP contribution in [0.3, 0.4) is 0 Å². The first-order valence-electron chi connectivity index (χ1n) is 32.1. The minimum Gasteiger partial charge on any atom is -0.462 e. The third-order valence-electron chi connectivity index (χ3n) is 13.8. The quantitative estimate of drug-likeness (QED) is 0.0261. The number of carbonyl (C=O) groups excluding carboxylic acids is 3. The monoisotopic (exact) mass is 1040 g/mol. The number of allylic oxidation sites excluding steroid dienone is 14. The van der Waals surface area contributed by atoms with Crippen molar-refractivity contribution in [1.29, 1.82) is 0 Å². The van der Waals surface area contributed by atoms with E-state index in [1.807, 2.05) is 0 Å². The molecule has 6 heteroatoms. The molecule has 0 rings (SSSR count). The zero-order valence-electron chi connectivity index (χ0n) is 49.6. The van der Waals surface area contributed by atoms with E-state index < -0.39 is 6.10 Å². The van der Waals surface area contributed by atoms with Gasteiger partial charge in [0.1, 0.15) is 13.2 Å². The third kappa shape index (κ3) is 61.3. The summed E-state index contributed by atoms with van der Waals surface area (Å²) in [5, 5.41) is 0. The highest BCUT2D eigenvalue weighted by atomic mass is 16.6. The molecule has 0 aliphatic rings. The number of carbonyl (C=O) groups is 3. The summed E-state index contributed by atoms with van der Waals surface area (Å²) in [4.78, 5) is 38.3. The Morgan fingerprint density at radius 2 is 0.480 bits per heavy atom. The predicted molar refractivity (Wildman–Crippen MR) is 325 cm³/mol. The first-order chi connectivity index (χ1) is 37.0. The van der Waals surface area contributed by atoms with Gasteiger partial charge in [-0.1, -0.05) is 260 Å². The number of ether oxygens (including phenoxy) is 3. The van der Waals surface area contributed by atoms with Crippen LogP contribution in [0.2, 0.25) is 0 Å². The van der Waals surface area contributed by atoms with Gasteiger partial charge in [-0.25, -0.2) is 0 Å². The highest BCUT2D eigenvalue weighted by Gasteiger charge is 2.19. The molecule has 1 atom stereocenters. The maximum atomic E-state index is 12.9. The first kappa shape index (κ1) is 71.6. The van der Waals surface area contributed by atoms with Crippen LogP contribution in [0.1, 0.15) is 316 Å². The molecule has 75 heavy (non-hydrogen) atoms. The molecule has 0 amide bonds. The molecule has 0 fully saturated rings. The van der Waals surface area contributed by atoms with Crippen molar-refractivity contribution in [3.8, 4) is 0 Å². The van der Waals surface area contributed by atoms with Crippen molar-refractivity contribution >= 4 is 17.9 Å². The average Bonchev–Trinajstić information content (AvgIpc) is 3.41. The van der Waals surface area contributed by atoms with Gasteiger partial charge < -0.3 is 14.2 Å². The largest absolute Gasteiger partial charge is 0.462 e. The van der Waals surface area contributed by atoms with Crippen LogP contribution in [0.5, 0.6) is 0 Å². The molecule has 0 aliphatic carbocycles. The molecule has 0 aromatic carbocycles. The summed E-state index contributed by atoms with van der Waals surface area (Å²) >= 11 is 0. The summed E-state index contributed by atoms with van der Waals surface area (Å²) in [6, 6.07) is 0. The number of hydrogen-bond donors (Lipinski definition) is 0. The molecule has 0 radical (unpaired) electrons. The normalized spacial score (nSPS) is 12.6. The van der Waals surface area contributed by atoms with E-state index in [1.54, 1.807) is 0 Å². The second-order valence-corrected chi connectivity index (χ2v) is 21.3. The van der Waals surface area contributed by atoms with Crippen molar-refractivity contribution in [2.45, 2.75) is 322 Å². The van der Waals surface area contributed by atoms with E-state index in [0.29, 0.717) is 19.3 Å². The lowest BCUT2D eigenvalue weighted by molar-refractivity contribution is -0.167. The molecule has 0 aliphatic heterocycles. The van der Waals surface area contributed by atoms with Crippen molar-refractivity contribution in [2.24, 2.45) is 0 Å². The lowest BCUT2D eigenvalue weighted by Crippen LogP contribution is -2.30. The molecule has 0 bridgehead atoms. The van der Waals surface area contributed by atoms with Crippen LogP contribution >= 0.6 is 0 Å². The second-order valence-electron chi connectivity index (χ2n) is 21.3. The lowest BCUT2D eigenvalue weighted by atomic mass is 10.1. The molecule has 1 unspecified atom stereocenters. The van der Waals surface area contributed by atoms with Crippen LogP contribution in [0.25, 0.3) is 0 Å². The fraction of sp³-hybridized carbons (Fsp3) is 0.754. The maximum Gasteiger partial charge on any atom is 0.306 e. The molecule has 0 heterocycles. The summed E-state index contributed by atoms with van der Waals surface area (Å²) in [5.74, 6) is -0.907. The number of unbranched alkanes of at least 4 members (excludes halogenated alkanes) is 33. The highest BCUT2D eigenvalue weighted by molar-refractivity contribution is 5.71. The smallest absolute Gasteiger partial charge is 0.306 e. The van der Waals surface area contributed by atoms with Gasteiger partial charge in [-0.3, -0.25) is 14.4 Å². The van der Waals surface area contributed by atoms with Gasteiger partial charge in [0.15, 0.2) is 6.10 Å². The Morgan fingerprint density at radius 3 is 0.773 bits per heavy atom. The average molecular weight is 1050 g/mol. The van der Waals surface area contributed by atoms with Crippen molar-refractivity contribution < 1.29 is 28.6 Å². The Hall–Kier alpha value is -3.41. The number of hydrogen-bond acceptors (Lipinski definition) is 6. The highest BCUT2D eigenvalue weighted by Crippen LogP contribution is 2.15. The van der Waals surface area contributed by atoms with Gasteiger partial charge >= 0.3 is 17.9 Å². The van der Waals surface area contributed by atoms with Crippen molar-refractivity contribution in [1.82, 2.24) is 0 Å². The number of esters is 3. The molecule has 432 valence electrons. The van der Waals surface area contributed by atoms with E-state index in [-0.39, 0.29) is 31.1 Å². The van der Waals surface area contributed by atoms with Crippen LogP contribution < -0.4 is 0 Å². The van der Waals surface area contributed by atoms with Gasteiger partial charge in [0.25, 0.3) is 0 Å². The van der Waals surface area contributed by atoms with Crippen LogP contribution in [0, 0.1) is 0 Å². The van der Waals surface area contributed by atoms with E-state index in [0.717, 1.165) is 103 Å². The summed E-state index contributed by atoms with van der Waals surface area (Å²) in [6.45, 7) is 6.59.